The van der Waals surface area contributed by atoms with Gasteiger partial charge in [-0.25, -0.2) is 4.98 Å². The third kappa shape index (κ3) is 5.62. The van der Waals surface area contributed by atoms with E-state index >= 15 is 0 Å². The van der Waals surface area contributed by atoms with Gasteiger partial charge in [-0.2, -0.15) is 0 Å². The molecule has 0 bridgehead atoms. The summed E-state index contributed by atoms with van der Waals surface area (Å²) in [5, 5.41) is 13.2. The first-order chi connectivity index (χ1) is 24.4. The maximum atomic E-state index is 11.4. The van der Waals surface area contributed by atoms with Crippen LogP contribution in [0.2, 0.25) is 0 Å². The summed E-state index contributed by atoms with van der Waals surface area (Å²) in [6.45, 7) is 4.01. The molecule has 9 rings (SSSR count). The van der Waals surface area contributed by atoms with E-state index in [4.69, 9.17) is 9.40 Å². The summed E-state index contributed by atoms with van der Waals surface area (Å²) in [7, 11) is 1.97. The molecule has 250 valence electrons. The van der Waals surface area contributed by atoms with Crippen LogP contribution in [-0.2, 0) is 28.1 Å². The number of phenols is 1. The number of benzene rings is 5. The molecule has 0 atom stereocenters. The van der Waals surface area contributed by atoms with Crippen molar-refractivity contribution in [3.63, 3.8) is 0 Å². The molecular formula is C44H31N4O2Pt-. The smallest absolute Gasteiger partial charge is 0.150 e. The number of aryl methyl sites for hydroxylation is 3. The van der Waals surface area contributed by atoms with Crippen molar-refractivity contribution in [2.45, 2.75) is 13.8 Å². The summed E-state index contributed by atoms with van der Waals surface area (Å²) in [4.78, 5) is 14.4. The Labute approximate surface area is 309 Å². The summed E-state index contributed by atoms with van der Waals surface area (Å²) in [5.74, 6) is 0.721. The van der Waals surface area contributed by atoms with Gasteiger partial charge in [-0.15, -0.1) is 29.8 Å². The summed E-state index contributed by atoms with van der Waals surface area (Å²) < 4.78 is 8.59. The van der Waals surface area contributed by atoms with E-state index in [-0.39, 0.29) is 26.8 Å². The van der Waals surface area contributed by atoms with Crippen LogP contribution in [0, 0.1) is 19.9 Å². The number of hydrogen-bond acceptors (Lipinski definition) is 5. The Balaban J connectivity index is 0.00000374. The molecular weight excluding hydrogens is 812 g/mol. The number of pyridine rings is 2. The van der Waals surface area contributed by atoms with Crippen LogP contribution >= 0.6 is 0 Å². The van der Waals surface area contributed by atoms with Gasteiger partial charge in [0.1, 0.15) is 28.3 Å². The van der Waals surface area contributed by atoms with Crippen molar-refractivity contribution in [2.75, 3.05) is 0 Å². The summed E-state index contributed by atoms with van der Waals surface area (Å²) >= 11 is 0. The number of aromatic hydroxyl groups is 1. The van der Waals surface area contributed by atoms with Crippen molar-refractivity contribution in [2.24, 2.45) is 7.05 Å². The van der Waals surface area contributed by atoms with Gasteiger partial charge in [0.2, 0.25) is 0 Å². The van der Waals surface area contributed by atoms with Crippen molar-refractivity contribution in [3.05, 3.63) is 145 Å². The fourth-order valence-electron chi connectivity index (χ4n) is 7.05. The molecule has 1 N–H and O–H groups in total. The molecule has 0 radical (unpaired) electrons. The molecule has 0 spiro atoms. The normalized spacial score (nSPS) is 11.4. The van der Waals surface area contributed by atoms with Crippen LogP contribution in [-0.4, -0.2) is 24.6 Å². The van der Waals surface area contributed by atoms with Crippen molar-refractivity contribution in [1.29, 1.82) is 0 Å². The van der Waals surface area contributed by atoms with Crippen LogP contribution in [0.25, 0.3) is 89.0 Å². The van der Waals surface area contributed by atoms with Gasteiger partial charge in [0.15, 0.2) is 0 Å². The molecule has 9 aromatic rings. The number of fused-ring (bicyclic) bond motifs is 4. The molecule has 0 aliphatic carbocycles. The first-order valence-corrected chi connectivity index (χ1v) is 16.6. The van der Waals surface area contributed by atoms with Crippen LogP contribution in [0.3, 0.4) is 0 Å². The Bertz CT molecular complexity index is 2750. The summed E-state index contributed by atoms with van der Waals surface area (Å²) in [6, 6.07) is 44.4. The fraction of sp³-hybridized carbons (Fsp3) is 0.0682. The minimum absolute atomic E-state index is 0. The van der Waals surface area contributed by atoms with E-state index in [1.807, 2.05) is 86.3 Å². The van der Waals surface area contributed by atoms with Crippen LogP contribution < -0.4 is 0 Å². The summed E-state index contributed by atoms with van der Waals surface area (Å²) in [5.41, 5.74) is 13.5. The second-order valence-electron chi connectivity index (χ2n) is 12.7. The molecule has 0 aliphatic rings. The zero-order chi connectivity index (χ0) is 33.9. The van der Waals surface area contributed by atoms with Crippen LogP contribution in [0.4, 0.5) is 0 Å². The van der Waals surface area contributed by atoms with Crippen molar-refractivity contribution >= 4 is 33.0 Å². The minimum atomic E-state index is 0. The van der Waals surface area contributed by atoms with Crippen LogP contribution in [0.1, 0.15) is 11.4 Å². The van der Waals surface area contributed by atoms with E-state index in [0.29, 0.717) is 17.0 Å². The number of imidazole rings is 1. The molecule has 7 heteroatoms. The van der Waals surface area contributed by atoms with E-state index in [1.165, 1.54) is 0 Å². The van der Waals surface area contributed by atoms with Crippen LogP contribution in [0.15, 0.2) is 132 Å². The molecule has 0 unspecified atom stereocenters. The largest absolute Gasteiger partial charge is 0.507 e. The quantitative estimate of drug-likeness (QED) is 0.175. The van der Waals surface area contributed by atoms with Gasteiger partial charge in [0.25, 0.3) is 0 Å². The predicted octanol–water partition coefficient (Wildman–Crippen LogP) is 10.7. The number of aromatic nitrogens is 4. The minimum Gasteiger partial charge on any atom is -0.507 e. The number of hydrogen-bond donors (Lipinski definition) is 1. The Morgan fingerprint density at radius 3 is 2.24 bits per heavy atom. The third-order valence-electron chi connectivity index (χ3n) is 9.40. The van der Waals surface area contributed by atoms with Crippen molar-refractivity contribution < 1.29 is 30.6 Å². The standard InChI is InChI=1S/C44H31N4O2.Pt/c1-26-21-33(22-27(2)46-26)29-15-16-35-36-17-18-39(49)41(43(36)50-40(35)25-29)44-47-42-34(13-8-14-38(42)48(44)3)31-11-7-12-32(23-31)37-24-30(19-20-45-37)28-9-5-4-6-10-28;/h4-22,24-25,49H,1-3H3;/q-1;. The third-order valence-corrected chi connectivity index (χ3v) is 9.40. The second-order valence-corrected chi connectivity index (χ2v) is 12.7. The molecule has 0 aliphatic heterocycles. The molecule has 5 aromatic carbocycles. The van der Waals surface area contributed by atoms with Crippen LogP contribution in [0.5, 0.6) is 5.75 Å². The van der Waals surface area contributed by atoms with Gasteiger partial charge in [-0.1, -0.05) is 65.7 Å². The first-order valence-electron chi connectivity index (χ1n) is 16.6. The monoisotopic (exact) mass is 842 g/mol. The predicted molar refractivity (Wildman–Crippen MR) is 201 cm³/mol. The number of furan rings is 1. The Kier molecular flexibility index (Phi) is 8.12. The number of nitrogens with zero attached hydrogens (tertiary/aromatic N) is 4. The zero-order valence-electron chi connectivity index (χ0n) is 28.1. The molecule has 0 saturated carbocycles. The van der Waals surface area contributed by atoms with Crippen molar-refractivity contribution in [1.82, 2.24) is 19.5 Å². The average molecular weight is 843 g/mol. The van der Waals surface area contributed by atoms with Gasteiger partial charge in [0, 0.05) is 62.2 Å². The van der Waals surface area contributed by atoms with E-state index in [2.05, 4.69) is 76.7 Å². The molecule has 0 amide bonds. The number of phenolic OH excluding ortho intramolecular Hbond substituents is 1. The molecule has 6 nitrogen and oxygen atoms in total. The van der Waals surface area contributed by atoms with E-state index in [0.717, 1.165) is 83.4 Å². The Morgan fingerprint density at radius 1 is 0.667 bits per heavy atom. The Hall–Kier alpha value is -5.84. The van der Waals surface area contributed by atoms with E-state index in [9.17, 15) is 5.11 Å². The molecule has 0 fully saturated rings. The van der Waals surface area contributed by atoms with Gasteiger partial charge in [-0.05, 0) is 84.6 Å². The number of rotatable bonds is 5. The zero-order valence-corrected chi connectivity index (χ0v) is 30.4. The summed E-state index contributed by atoms with van der Waals surface area (Å²) in [6.07, 6.45) is 1.84. The molecule has 4 aromatic heterocycles. The fourth-order valence-corrected chi connectivity index (χ4v) is 7.05. The second kappa shape index (κ2) is 12.8. The topological polar surface area (TPSA) is 77.0 Å². The molecule has 0 saturated heterocycles. The van der Waals surface area contributed by atoms with E-state index < -0.39 is 0 Å². The molecule has 51 heavy (non-hydrogen) atoms. The maximum Gasteiger partial charge on any atom is 0.150 e. The van der Waals surface area contributed by atoms with E-state index in [1.54, 1.807) is 6.07 Å². The SMILES string of the molecule is Cc1cc(-c2ccc3c(c2)oc2c(-c4nc5c(-c6[c-]c(-c7cc(-c8ccccc8)ccn7)ccc6)cccc5n4C)c(O)ccc23)cc(C)n1.[Pt]. The van der Waals surface area contributed by atoms with Gasteiger partial charge < -0.3 is 14.1 Å². The number of para-hydroxylation sites is 1. The van der Waals surface area contributed by atoms with Crippen molar-refractivity contribution in [3.8, 4) is 61.8 Å². The Morgan fingerprint density at radius 2 is 1.41 bits per heavy atom. The first kappa shape index (κ1) is 32.4. The van der Waals surface area contributed by atoms with Gasteiger partial charge >= 0.3 is 0 Å². The van der Waals surface area contributed by atoms with Gasteiger partial charge in [0.05, 0.1) is 11.0 Å². The average Bonchev–Trinajstić information content (AvgIpc) is 3.68. The molecule has 4 heterocycles. The van der Waals surface area contributed by atoms with Gasteiger partial charge in [-0.3, -0.25) is 9.97 Å². The maximum absolute atomic E-state index is 11.4.